The zero-order valence-corrected chi connectivity index (χ0v) is 53.0. The van der Waals surface area contributed by atoms with Gasteiger partial charge in [-0.1, -0.05) is 69.7 Å². The highest BCUT2D eigenvalue weighted by Crippen LogP contribution is 2.36. The Kier molecular flexibility index (Phi) is 25.0. The van der Waals surface area contributed by atoms with Crippen molar-refractivity contribution in [1.82, 2.24) is 52.8 Å². The molecular weight excluding hydrogens is 1290 g/mol. The quantitative estimate of drug-likeness (QED) is 0.0621. The number of nitrogens with zero attached hydrogens (tertiary/aromatic N) is 1. The highest BCUT2D eigenvalue weighted by atomic mass is 16.8. The van der Waals surface area contributed by atoms with Crippen molar-refractivity contribution >= 4 is 47.4 Å². The Balaban J connectivity index is 0.988. The van der Waals surface area contributed by atoms with Gasteiger partial charge >= 0.3 is 0 Å². The zero-order chi connectivity index (χ0) is 70.3. The van der Waals surface area contributed by atoms with Gasteiger partial charge in [-0.2, -0.15) is 0 Å². The number of hydrogen-bond donors (Lipinski definition) is 23. The van der Waals surface area contributed by atoms with Crippen molar-refractivity contribution in [3.8, 4) is 5.75 Å². The molecule has 6 amide bonds. The van der Waals surface area contributed by atoms with Crippen LogP contribution in [0, 0.1) is 16.7 Å². The first-order chi connectivity index (χ1) is 46.3. The number of nitrogens with one attached hydrogen (secondary N) is 11. The van der Waals surface area contributed by atoms with E-state index in [0.717, 1.165) is 17.7 Å². The minimum atomic E-state index is -2.35. The third-order valence-corrected chi connectivity index (χ3v) is 18.3. The van der Waals surface area contributed by atoms with Gasteiger partial charge in [-0.15, -0.1) is 0 Å². The van der Waals surface area contributed by atoms with Crippen molar-refractivity contribution in [2.24, 2.45) is 5.92 Å². The molecule has 0 saturated carbocycles. The number of hydrogen-bond acceptors (Lipinski definition) is 27. The smallest absolute Gasteiger partial charge is 0.246 e. The second-order valence-electron chi connectivity index (χ2n) is 25.0. The van der Waals surface area contributed by atoms with Crippen LogP contribution < -0.4 is 52.6 Å². The fraction of sp³-hybridized carbons (Fsp3) is 0.667. The fourth-order valence-corrected chi connectivity index (χ4v) is 12.7. The van der Waals surface area contributed by atoms with Gasteiger partial charge in [0, 0.05) is 31.3 Å². The second-order valence-corrected chi connectivity index (χ2v) is 25.0. The largest absolute Gasteiger partial charge is 0.462 e. The molecular formula is C60H88N12O25. The van der Waals surface area contributed by atoms with E-state index in [1.54, 1.807) is 37.3 Å². The maximum atomic E-state index is 15.2. The Labute approximate surface area is 554 Å². The van der Waals surface area contributed by atoms with Gasteiger partial charge in [-0.3, -0.25) is 39.6 Å². The molecule has 7 fully saturated rings. The van der Waals surface area contributed by atoms with Crippen LogP contribution in [0.4, 0.5) is 0 Å². The Morgan fingerprint density at radius 1 is 0.608 bits per heavy atom. The molecule has 0 radical (unpaired) electrons. The number of rotatable bonds is 19. The van der Waals surface area contributed by atoms with Crippen LogP contribution in [0.15, 0.2) is 54.6 Å². The number of carbonyl (C=O) groups excluding carboxylic acids is 6. The summed E-state index contributed by atoms with van der Waals surface area (Å²) >= 11 is 0. The zero-order valence-electron chi connectivity index (χ0n) is 53.0. The molecule has 7 saturated heterocycles. The average molecular weight is 1380 g/mol. The summed E-state index contributed by atoms with van der Waals surface area (Å²) in [6.07, 6.45) is -28.6. The summed E-state index contributed by atoms with van der Waals surface area (Å²) in [4.78, 5) is 88.2. The van der Waals surface area contributed by atoms with E-state index >= 15 is 9.59 Å². The van der Waals surface area contributed by atoms with Crippen molar-refractivity contribution in [2.45, 2.75) is 199 Å². The summed E-state index contributed by atoms with van der Waals surface area (Å²) in [6, 6.07) is 0.977. The molecule has 2 aromatic rings. The monoisotopic (exact) mass is 1380 g/mol. The van der Waals surface area contributed by atoms with Crippen LogP contribution in [-0.4, -0.2) is 312 Å². The molecule has 37 heteroatoms. The number of ether oxygens (including phenoxy) is 7. The fourth-order valence-electron chi connectivity index (χ4n) is 12.7. The molecule has 97 heavy (non-hydrogen) atoms. The molecule has 0 aromatic heterocycles. The molecule has 0 bridgehead atoms. The van der Waals surface area contributed by atoms with Crippen molar-refractivity contribution in [2.75, 3.05) is 46.1 Å². The summed E-state index contributed by atoms with van der Waals surface area (Å²) in [5, 5.41) is 172. The maximum Gasteiger partial charge on any atom is 0.246 e. The van der Waals surface area contributed by atoms with E-state index in [0.29, 0.717) is 5.56 Å². The molecule has 2 aromatic carbocycles. The number of amides is 6. The number of aliphatic hydroxyl groups is 12. The summed E-state index contributed by atoms with van der Waals surface area (Å²) in [5.74, 6) is -9.21. The van der Waals surface area contributed by atoms with Crippen LogP contribution in [0.25, 0.3) is 0 Å². The Bertz CT molecular complexity index is 3060. The van der Waals surface area contributed by atoms with Crippen molar-refractivity contribution in [3.63, 3.8) is 0 Å². The molecule has 0 spiro atoms. The van der Waals surface area contributed by atoms with Crippen LogP contribution in [0.2, 0.25) is 0 Å². The number of aliphatic hydroxyl groups excluding tert-OH is 12. The van der Waals surface area contributed by atoms with Gasteiger partial charge in [0.15, 0.2) is 30.7 Å². The Morgan fingerprint density at radius 3 is 1.92 bits per heavy atom. The molecule has 7 aliphatic heterocycles. The summed E-state index contributed by atoms with van der Waals surface area (Å²) in [6.45, 7) is 0.926. The van der Waals surface area contributed by atoms with E-state index in [4.69, 9.17) is 44.0 Å². The predicted octanol–water partition coefficient (Wildman–Crippen LogP) is -10.4. The van der Waals surface area contributed by atoms with Crippen LogP contribution in [-0.2, 0) is 63.6 Å². The van der Waals surface area contributed by atoms with Gasteiger partial charge in [0.25, 0.3) is 0 Å². The van der Waals surface area contributed by atoms with Crippen LogP contribution in [0.1, 0.15) is 50.7 Å². The average Bonchev–Trinajstić information content (AvgIpc) is 0.827. The molecule has 7 heterocycles. The van der Waals surface area contributed by atoms with Crippen LogP contribution in [0.5, 0.6) is 5.75 Å². The Morgan fingerprint density at radius 2 is 1.26 bits per heavy atom. The first-order valence-corrected chi connectivity index (χ1v) is 31.9. The molecule has 27 atom stereocenters. The van der Waals surface area contributed by atoms with E-state index < -0.39 is 239 Å². The number of benzene rings is 2. The van der Waals surface area contributed by atoms with Crippen molar-refractivity contribution < 1.29 is 123 Å². The second kappa shape index (κ2) is 32.7. The number of carbonyl (C=O) groups is 6. The van der Waals surface area contributed by atoms with Gasteiger partial charge in [-0.25, -0.2) is 0 Å². The van der Waals surface area contributed by atoms with E-state index in [9.17, 15) is 80.5 Å². The minimum absolute atomic E-state index is 0.0351. The van der Waals surface area contributed by atoms with Crippen LogP contribution >= 0.6 is 0 Å². The van der Waals surface area contributed by atoms with Gasteiger partial charge in [0.2, 0.25) is 41.7 Å². The summed E-state index contributed by atoms with van der Waals surface area (Å²) < 4.78 is 41.2. The van der Waals surface area contributed by atoms with Gasteiger partial charge in [0.1, 0.15) is 121 Å². The van der Waals surface area contributed by atoms with E-state index in [-0.39, 0.29) is 36.3 Å². The van der Waals surface area contributed by atoms with E-state index in [1.165, 1.54) is 24.3 Å². The van der Waals surface area contributed by atoms with E-state index in [2.05, 4.69) is 47.9 Å². The lowest BCUT2D eigenvalue weighted by molar-refractivity contribution is -0.385. The molecule has 27 unspecified atom stereocenters. The van der Waals surface area contributed by atoms with Gasteiger partial charge in [-0.05, 0) is 29.7 Å². The van der Waals surface area contributed by atoms with E-state index in [1.807, 2.05) is 13.8 Å². The Hall–Kier alpha value is -7.12. The predicted molar refractivity (Wildman–Crippen MR) is 327 cm³/mol. The van der Waals surface area contributed by atoms with Gasteiger partial charge < -0.3 is 147 Å². The highest BCUT2D eigenvalue weighted by molar-refractivity contribution is 5.98. The molecule has 0 aliphatic carbocycles. The SMILES string of the molecule is CCCC(C)C1OCC2OC(OC3C(CO)OC(Oc4ccc(CC5NC(=O)C(C(C)c6ccccc6)NC(=O)CNC(=O)C(CO)NC(=O)C(C(O)C6CNC(=N)N6C6OC(CO)C(O)C(O)C6O)NC(=O)C(C(O)C6CNC(=N)N6)NC5=O)cc4)C(O)C3O)C(O)C(O)C2O1. The first kappa shape index (κ1) is 74.1. The first-order valence-electron chi connectivity index (χ1n) is 31.9. The lowest BCUT2D eigenvalue weighted by Gasteiger charge is -2.49. The molecule has 37 nitrogen and oxygen atoms in total. The topological polar surface area (TPSA) is 569 Å². The maximum absolute atomic E-state index is 15.2. The highest BCUT2D eigenvalue weighted by Gasteiger charge is 2.56. The van der Waals surface area contributed by atoms with Crippen molar-refractivity contribution in [3.05, 3.63) is 65.7 Å². The number of fused-ring (bicyclic) bond motifs is 1. The lowest BCUT2D eigenvalue weighted by atomic mass is 9.92. The van der Waals surface area contributed by atoms with Gasteiger partial charge in [0.05, 0.1) is 45.1 Å². The number of guanidine groups is 2. The minimum Gasteiger partial charge on any atom is -0.462 e. The third kappa shape index (κ3) is 16.8. The summed E-state index contributed by atoms with van der Waals surface area (Å²) in [5.41, 5.74) is 0.736. The molecule has 9 rings (SSSR count). The standard InChI is InChI=1S/C60H88N12O25/c1-4-8-23(2)56-91-22-34-49(96-56)44(82)47(85)58(95-34)97-48-33(21-75)94-57(46(84)43(48)81)92-27-13-11-25(12-14-27)15-28-51(87)70-37(39(77)29-16-64-59(61)68-29)54(90)71-38(40(78)31-17-65-60(62)72(31)55-45(83)42(80)41(79)32(20-74)93-55)53(89)67-30(19-73)50(86)63-18-35(76)69-36(52(88)66-28)24(3)26-9-6-5-7-10-26/h5-7,9-14,23-24,28-34,36-49,55-58,73-75,77-85H,4,8,15-22H2,1-3H3,(H2,62,65)(H,63,86)(H,66,88)(H,67,89)(H,69,76)(H,70,87)(H,71,90)(H3,61,64,68). The normalized spacial score (nSPS) is 37.8. The summed E-state index contributed by atoms with van der Waals surface area (Å²) in [7, 11) is 0. The van der Waals surface area contributed by atoms with Crippen LogP contribution in [0.3, 0.4) is 0 Å². The molecule has 7 aliphatic rings. The molecule has 538 valence electrons. The van der Waals surface area contributed by atoms with Crippen molar-refractivity contribution in [1.29, 1.82) is 10.8 Å². The molecule has 23 N–H and O–H groups in total. The third-order valence-electron chi connectivity index (χ3n) is 18.3. The lowest BCUT2D eigenvalue weighted by Crippen LogP contribution is -2.69.